The van der Waals surface area contributed by atoms with Crippen molar-refractivity contribution in [2.24, 2.45) is 0 Å². The van der Waals surface area contributed by atoms with Crippen LogP contribution in [0.25, 0.3) is 0 Å². The number of rotatable bonds is 9. The molecule has 1 aliphatic rings. The van der Waals surface area contributed by atoms with Gasteiger partial charge in [0.25, 0.3) is 0 Å². The molecular weight excluding hydrogens is 460 g/mol. The third-order valence-corrected chi connectivity index (χ3v) is 8.41. The van der Waals surface area contributed by atoms with Gasteiger partial charge < -0.3 is 10.1 Å². The number of carbonyl (C=O) groups is 1. The molecule has 3 aromatic carbocycles. The first-order valence-electron chi connectivity index (χ1n) is 12.0. The molecule has 184 valence electrons. The molecule has 0 unspecified atom stereocenters. The maximum absolute atomic E-state index is 13.1. The summed E-state index contributed by atoms with van der Waals surface area (Å²) < 4.78 is 33.0. The largest absolute Gasteiger partial charge is 0.496 e. The fourth-order valence-electron chi connectivity index (χ4n) is 4.57. The van der Waals surface area contributed by atoms with Crippen LogP contribution >= 0.6 is 0 Å². The Morgan fingerprint density at radius 2 is 1.69 bits per heavy atom. The second kappa shape index (κ2) is 11.1. The van der Waals surface area contributed by atoms with Gasteiger partial charge in [0.15, 0.2) is 0 Å². The summed E-state index contributed by atoms with van der Waals surface area (Å²) in [5, 5.41) is 3.18. The van der Waals surface area contributed by atoms with Crippen LogP contribution in [0.3, 0.4) is 0 Å². The first kappa shape index (κ1) is 24.9. The predicted molar refractivity (Wildman–Crippen MR) is 137 cm³/mol. The standard InChI is InChI=1S/C28H32N2O4S/c1-21-10-6-7-13-25(21)28(22-11-4-3-5-12-22)29-27(31)17-14-23-20-24(15-16-26(23)34-2)35(32,33)30-18-8-9-19-30/h3-7,10-13,15-16,20,28H,8-9,14,17-19H2,1-2H3,(H,29,31)/t28-/m1/s1. The van der Waals surface area contributed by atoms with Crippen LogP contribution in [0.2, 0.25) is 0 Å². The molecule has 1 atom stereocenters. The van der Waals surface area contributed by atoms with Crippen molar-refractivity contribution in [1.29, 1.82) is 0 Å². The van der Waals surface area contributed by atoms with Crippen LogP contribution < -0.4 is 10.1 Å². The average Bonchev–Trinajstić information content (AvgIpc) is 3.43. The Morgan fingerprint density at radius 1 is 1.00 bits per heavy atom. The van der Waals surface area contributed by atoms with Gasteiger partial charge in [-0.05, 0) is 66.6 Å². The predicted octanol–water partition coefficient (Wildman–Crippen LogP) is 4.63. The van der Waals surface area contributed by atoms with Gasteiger partial charge in [-0.2, -0.15) is 4.31 Å². The van der Waals surface area contributed by atoms with Crippen molar-refractivity contribution in [3.05, 3.63) is 95.1 Å². The molecule has 1 heterocycles. The van der Waals surface area contributed by atoms with E-state index in [0.717, 1.165) is 29.5 Å². The number of amides is 1. The Balaban J connectivity index is 1.52. The van der Waals surface area contributed by atoms with E-state index >= 15 is 0 Å². The van der Waals surface area contributed by atoms with E-state index in [1.807, 2.05) is 61.5 Å². The summed E-state index contributed by atoms with van der Waals surface area (Å²) in [6.45, 7) is 3.13. The number of ether oxygens (including phenoxy) is 1. The van der Waals surface area contributed by atoms with Gasteiger partial charge in [0.2, 0.25) is 15.9 Å². The lowest BCUT2D eigenvalue weighted by Crippen LogP contribution is -2.30. The van der Waals surface area contributed by atoms with Crippen molar-refractivity contribution in [2.75, 3.05) is 20.2 Å². The maximum atomic E-state index is 13.1. The molecule has 1 aliphatic heterocycles. The fraction of sp³-hybridized carbons (Fsp3) is 0.321. The summed E-state index contributed by atoms with van der Waals surface area (Å²) >= 11 is 0. The summed E-state index contributed by atoms with van der Waals surface area (Å²) in [5.41, 5.74) is 3.85. The van der Waals surface area contributed by atoms with E-state index in [9.17, 15) is 13.2 Å². The van der Waals surface area contributed by atoms with Crippen molar-refractivity contribution in [3.63, 3.8) is 0 Å². The topological polar surface area (TPSA) is 75.7 Å². The SMILES string of the molecule is COc1ccc(S(=O)(=O)N2CCCC2)cc1CCC(=O)N[C@H](c1ccccc1)c1ccccc1C. The van der Waals surface area contributed by atoms with E-state index < -0.39 is 10.0 Å². The Morgan fingerprint density at radius 3 is 2.37 bits per heavy atom. The minimum Gasteiger partial charge on any atom is -0.496 e. The number of hydrogen-bond donors (Lipinski definition) is 1. The third-order valence-electron chi connectivity index (χ3n) is 6.51. The van der Waals surface area contributed by atoms with E-state index in [4.69, 9.17) is 4.74 Å². The monoisotopic (exact) mass is 492 g/mol. The number of hydrogen-bond acceptors (Lipinski definition) is 4. The molecule has 6 nitrogen and oxygen atoms in total. The van der Waals surface area contributed by atoms with Gasteiger partial charge in [-0.15, -0.1) is 0 Å². The zero-order valence-corrected chi connectivity index (χ0v) is 21.1. The summed E-state index contributed by atoms with van der Waals surface area (Å²) in [7, 11) is -1.99. The number of aryl methyl sites for hydroxylation is 2. The quantitative estimate of drug-likeness (QED) is 0.473. The Labute approximate surface area is 208 Å². The number of nitrogens with one attached hydrogen (secondary N) is 1. The minimum absolute atomic E-state index is 0.114. The molecule has 1 N–H and O–H groups in total. The fourth-order valence-corrected chi connectivity index (χ4v) is 6.13. The second-order valence-electron chi connectivity index (χ2n) is 8.85. The van der Waals surface area contributed by atoms with Crippen LogP contribution in [-0.4, -0.2) is 38.8 Å². The van der Waals surface area contributed by atoms with Crippen LogP contribution in [0.5, 0.6) is 5.75 Å². The lowest BCUT2D eigenvalue weighted by molar-refractivity contribution is -0.121. The van der Waals surface area contributed by atoms with E-state index in [0.29, 0.717) is 30.8 Å². The molecule has 1 saturated heterocycles. The average molecular weight is 493 g/mol. The molecule has 1 amide bonds. The van der Waals surface area contributed by atoms with Crippen LogP contribution in [0.15, 0.2) is 77.7 Å². The molecule has 0 aromatic heterocycles. The highest BCUT2D eigenvalue weighted by atomic mass is 32.2. The highest BCUT2D eigenvalue weighted by Gasteiger charge is 2.28. The minimum atomic E-state index is -3.54. The number of nitrogens with zero attached hydrogens (tertiary/aromatic N) is 1. The van der Waals surface area contributed by atoms with Gasteiger partial charge in [-0.25, -0.2) is 8.42 Å². The van der Waals surface area contributed by atoms with E-state index in [-0.39, 0.29) is 23.3 Å². The summed E-state index contributed by atoms with van der Waals surface area (Å²) in [6, 6.07) is 22.6. The molecule has 4 rings (SSSR count). The first-order valence-corrected chi connectivity index (χ1v) is 13.4. The molecule has 0 saturated carbocycles. The highest BCUT2D eigenvalue weighted by Crippen LogP contribution is 2.28. The second-order valence-corrected chi connectivity index (χ2v) is 10.8. The van der Waals surface area contributed by atoms with Crippen LogP contribution in [-0.2, 0) is 21.2 Å². The van der Waals surface area contributed by atoms with Gasteiger partial charge in [0.05, 0.1) is 18.0 Å². The number of carbonyl (C=O) groups excluding carboxylic acids is 1. The van der Waals surface area contributed by atoms with Crippen LogP contribution in [0.4, 0.5) is 0 Å². The molecule has 35 heavy (non-hydrogen) atoms. The van der Waals surface area contributed by atoms with E-state index in [1.54, 1.807) is 25.3 Å². The molecule has 7 heteroatoms. The third kappa shape index (κ3) is 5.74. The van der Waals surface area contributed by atoms with Crippen molar-refractivity contribution in [3.8, 4) is 5.75 Å². The van der Waals surface area contributed by atoms with Crippen molar-refractivity contribution in [2.45, 2.75) is 43.5 Å². The van der Waals surface area contributed by atoms with Crippen molar-refractivity contribution >= 4 is 15.9 Å². The number of methoxy groups -OCH3 is 1. The first-order chi connectivity index (χ1) is 16.9. The molecule has 0 radical (unpaired) electrons. The molecule has 1 fully saturated rings. The zero-order chi connectivity index (χ0) is 24.8. The molecule has 3 aromatic rings. The van der Waals surface area contributed by atoms with Gasteiger partial charge in [-0.1, -0.05) is 54.6 Å². The number of benzene rings is 3. The molecule has 0 bridgehead atoms. The maximum Gasteiger partial charge on any atom is 0.243 e. The van der Waals surface area contributed by atoms with Crippen LogP contribution in [0, 0.1) is 6.92 Å². The summed E-state index contributed by atoms with van der Waals surface area (Å²) in [6.07, 6.45) is 2.34. The van der Waals surface area contributed by atoms with Gasteiger partial charge in [-0.3, -0.25) is 4.79 Å². The smallest absolute Gasteiger partial charge is 0.243 e. The van der Waals surface area contributed by atoms with E-state index in [2.05, 4.69) is 5.32 Å². The summed E-state index contributed by atoms with van der Waals surface area (Å²) in [5.74, 6) is 0.466. The highest BCUT2D eigenvalue weighted by molar-refractivity contribution is 7.89. The Kier molecular flexibility index (Phi) is 7.88. The summed E-state index contributed by atoms with van der Waals surface area (Å²) in [4.78, 5) is 13.3. The van der Waals surface area contributed by atoms with Gasteiger partial charge in [0.1, 0.15) is 5.75 Å². The van der Waals surface area contributed by atoms with E-state index in [1.165, 1.54) is 4.31 Å². The number of sulfonamides is 1. The van der Waals surface area contributed by atoms with Gasteiger partial charge in [0, 0.05) is 19.5 Å². The lowest BCUT2D eigenvalue weighted by atomic mass is 9.94. The molecule has 0 spiro atoms. The lowest BCUT2D eigenvalue weighted by Gasteiger charge is -2.22. The Bertz CT molecular complexity index is 1270. The van der Waals surface area contributed by atoms with Crippen LogP contribution in [0.1, 0.15) is 47.6 Å². The molecule has 0 aliphatic carbocycles. The Hall–Kier alpha value is -3.16. The van der Waals surface area contributed by atoms with Crippen molar-refractivity contribution in [1.82, 2.24) is 9.62 Å². The normalized spacial score (nSPS) is 15.0. The zero-order valence-electron chi connectivity index (χ0n) is 20.2. The van der Waals surface area contributed by atoms with Gasteiger partial charge >= 0.3 is 0 Å². The van der Waals surface area contributed by atoms with Crippen molar-refractivity contribution < 1.29 is 17.9 Å². The molecular formula is C28H32N2O4S.